The molecule has 0 aromatic heterocycles. The van der Waals surface area contributed by atoms with Crippen molar-refractivity contribution in [2.75, 3.05) is 11.1 Å². The molecule has 3 nitrogen and oxygen atoms in total. The normalized spacial score (nSPS) is 10.3. The van der Waals surface area contributed by atoms with E-state index in [9.17, 15) is 0 Å². The molecule has 0 saturated carbocycles. The third-order valence-corrected chi connectivity index (χ3v) is 2.94. The lowest BCUT2D eigenvalue weighted by Gasteiger charge is -2.09. The van der Waals surface area contributed by atoms with Crippen LogP contribution >= 0.6 is 0 Å². The minimum absolute atomic E-state index is 0.0782. The Morgan fingerprint density at radius 2 is 1.89 bits per heavy atom. The van der Waals surface area contributed by atoms with Gasteiger partial charge in [-0.05, 0) is 41.8 Å². The first-order chi connectivity index (χ1) is 8.69. The van der Waals surface area contributed by atoms with E-state index in [4.69, 9.17) is 10.8 Å². The molecule has 18 heavy (non-hydrogen) atoms. The summed E-state index contributed by atoms with van der Waals surface area (Å²) in [6.07, 6.45) is 0. The molecule has 2 rings (SSSR count). The summed E-state index contributed by atoms with van der Waals surface area (Å²) in [6, 6.07) is 13.8. The smallest absolute Gasteiger partial charge is 0.0681 e. The molecule has 0 heterocycles. The molecule has 4 N–H and O–H groups in total. The quantitative estimate of drug-likeness (QED) is 0.722. The van der Waals surface area contributed by atoms with Crippen molar-refractivity contribution >= 4 is 11.4 Å². The van der Waals surface area contributed by atoms with Gasteiger partial charge in [-0.25, -0.2) is 0 Å². The maximum absolute atomic E-state index is 9.08. The number of aryl methyl sites for hydroxylation is 1. The van der Waals surface area contributed by atoms with Crippen LogP contribution in [-0.4, -0.2) is 5.11 Å². The maximum atomic E-state index is 9.08. The molecule has 3 heteroatoms. The number of anilines is 2. The van der Waals surface area contributed by atoms with Gasteiger partial charge in [0.05, 0.1) is 6.61 Å². The van der Waals surface area contributed by atoms with Gasteiger partial charge in [0.1, 0.15) is 0 Å². The fraction of sp³-hybridized carbons (Fsp3) is 0.200. The number of benzene rings is 2. The first-order valence-corrected chi connectivity index (χ1v) is 5.97. The molecular weight excluding hydrogens is 224 g/mol. The third kappa shape index (κ3) is 3.02. The van der Waals surface area contributed by atoms with Crippen LogP contribution in [0.25, 0.3) is 0 Å². The van der Waals surface area contributed by atoms with E-state index in [0.29, 0.717) is 0 Å². The zero-order valence-electron chi connectivity index (χ0n) is 10.5. The number of hydrogen-bond acceptors (Lipinski definition) is 3. The molecule has 0 unspecified atom stereocenters. The molecule has 0 fully saturated rings. The van der Waals surface area contributed by atoms with Crippen LogP contribution in [0.3, 0.4) is 0 Å². The molecule has 94 valence electrons. The highest BCUT2D eigenvalue weighted by atomic mass is 16.3. The van der Waals surface area contributed by atoms with Crippen LogP contribution < -0.4 is 11.1 Å². The summed E-state index contributed by atoms with van der Waals surface area (Å²) >= 11 is 0. The predicted molar refractivity (Wildman–Crippen MR) is 75.3 cm³/mol. The average molecular weight is 242 g/mol. The van der Waals surface area contributed by atoms with Crippen molar-refractivity contribution < 1.29 is 5.11 Å². The Hall–Kier alpha value is -2.00. The summed E-state index contributed by atoms with van der Waals surface area (Å²) in [7, 11) is 0. The van der Waals surface area contributed by atoms with E-state index in [1.54, 1.807) is 0 Å². The van der Waals surface area contributed by atoms with Gasteiger partial charge in [0.2, 0.25) is 0 Å². The Morgan fingerprint density at radius 1 is 1.11 bits per heavy atom. The maximum Gasteiger partial charge on any atom is 0.0681 e. The Balaban J connectivity index is 2.04. The van der Waals surface area contributed by atoms with Gasteiger partial charge in [0.15, 0.2) is 0 Å². The van der Waals surface area contributed by atoms with E-state index in [0.717, 1.165) is 34.6 Å². The highest BCUT2D eigenvalue weighted by Gasteiger charge is 1.98. The molecule has 0 spiro atoms. The van der Waals surface area contributed by atoms with Gasteiger partial charge in [0, 0.05) is 17.9 Å². The van der Waals surface area contributed by atoms with Crippen LogP contribution in [0.5, 0.6) is 0 Å². The molecular formula is C15H18N2O. The lowest BCUT2D eigenvalue weighted by atomic mass is 10.1. The monoisotopic (exact) mass is 242 g/mol. The van der Waals surface area contributed by atoms with Gasteiger partial charge in [-0.2, -0.15) is 0 Å². The molecule has 2 aromatic carbocycles. The summed E-state index contributed by atoms with van der Waals surface area (Å²) in [5.74, 6) is 0. The van der Waals surface area contributed by atoms with Crippen LogP contribution in [-0.2, 0) is 13.2 Å². The second-order valence-electron chi connectivity index (χ2n) is 4.40. The van der Waals surface area contributed by atoms with Crippen molar-refractivity contribution in [3.63, 3.8) is 0 Å². The van der Waals surface area contributed by atoms with E-state index in [-0.39, 0.29) is 6.61 Å². The van der Waals surface area contributed by atoms with E-state index in [1.807, 2.05) is 49.4 Å². The van der Waals surface area contributed by atoms with Gasteiger partial charge in [0.25, 0.3) is 0 Å². The topological polar surface area (TPSA) is 58.3 Å². The number of nitrogens with one attached hydrogen (secondary N) is 1. The van der Waals surface area contributed by atoms with E-state index in [2.05, 4.69) is 5.32 Å². The van der Waals surface area contributed by atoms with Crippen LogP contribution in [0.15, 0.2) is 42.5 Å². The van der Waals surface area contributed by atoms with Gasteiger partial charge < -0.3 is 16.2 Å². The summed E-state index contributed by atoms with van der Waals surface area (Å²) in [5, 5.41) is 12.4. The van der Waals surface area contributed by atoms with Gasteiger partial charge in [-0.1, -0.05) is 24.3 Å². The fourth-order valence-electron chi connectivity index (χ4n) is 1.83. The van der Waals surface area contributed by atoms with Gasteiger partial charge in [-0.3, -0.25) is 0 Å². The molecule has 0 amide bonds. The van der Waals surface area contributed by atoms with Crippen molar-refractivity contribution in [2.24, 2.45) is 0 Å². The summed E-state index contributed by atoms with van der Waals surface area (Å²) < 4.78 is 0. The Bertz CT molecular complexity index is 538. The number of aliphatic hydroxyl groups excluding tert-OH is 1. The number of rotatable bonds is 4. The predicted octanol–water partition coefficient (Wildman–Crippen LogP) is 2.68. The average Bonchev–Trinajstić information content (AvgIpc) is 2.40. The number of nitrogen functional groups attached to an aromatic ring is 1. The Labute approximate surface area is 107 Å². The van der Waals surface area contributed by atoms with E-state index >= 15 is 0 Å². The standard InChI is InChI=1S/C15H18N2O/c1-11-7-14(5-6-15(11)16)17-9-12-3-2-4-13(8-12)10-18/h2-8,17-18H,9-10,16H2,1H3. The molecule has 0 aliphatic carbocycles. The fourth-order valence-corrected chi connectivity index (χ4v) is 1.83. The van der Waals surface area contributed by atoms with Gasteiger partial charge >= 0.3 is 0 Å². The zero-order valence-corrected chi connectivity index (χ0v) is 10.5. The van der Waals surface area contributed by atoms with E-state index in [1.165, 1.54) is 0 Å². The molecule has 0 aliphatic rings. The highest BCUT2D eigenvalue weighted by Crippen LogP contribution is 2.17. The summed E-state index contributed by atoms with van der Waals surface area (Å²) in [5.41, 5.74) is 10.8. The second kappa shape index (κ2) is 5.56. The summed E-state index contributed by atoms with van der Waals surface area (Å²) in [6.45, 7) is 2.80. The van der Waals surface area contributed by atoms with Crippen molar-refractivity contribution in [1.82, 2.24) is 0 Å². The van der Waals surface area contributed by atoms with Crippen molar-refractivity contribution in [1.29, 1.82) is 0 Å². The van der Waals surface area contributed by atoms with Crippen molar-refractivity contribution in [3.8, 4) is 0 Å². The highest BCUT2D eigenvalue weighted by molar-refractivity contribution is 5.56. The largest absolute Gasteiger partial charge is 0.399 e. The third-order valence-electron chi connectivity index (χ3n) is 2.94. The molecule has 2 aromatic rings. The first-order valence-electron chi connectivity index (χ1n) is 5.97. The molecule has 0 radical (unpaired) electrons. The van der Waals surface area contributed by atoms with Crippen LogP contribution in [0.4, 0.5) is 11.4 Å². The number of hydrogen-bond donors (Lipinski definition) is 3. The zero-order chi connectivity index (χ0) is 13.0. The SMILES string of the molecule is Cc1cc(NCc2cccc(CO)c2)ccc1N. The summed E-state index contributed by atoms with van der Waals surface area (Å²) in [4.78, 5) is 0. The minimum atomic E-state index is 0.0782. The van der Waals surface area contributed by atoms with Crippen LogP contribution in [0.1, 0.15) is 16.7 Å². The van der Waals surface area contributed by atoms with Crippen molar-refractivity contribution in [2.45, 2.75) is 20.1 Å². The second-order valence-corrected chi connectivity index (χ2v) is 4.40. The Morgan fingerprint density at radius 3 is 2.61 bits per heavy atom. The van der Waals surface area contributed by atoms with Crippen LogP contribution in [0.2, 0.25) is 0 Å². The first kappa shape index (κ1) is 12.5. The molecule has 0 saturated heterocycles. The lowest BCUT2D eigenvalue weighted by Crippen LogP contribution is -2.01. The minimum Gasteiger partial charge on any atom is -0.399 e. The number of aliphatic hydroxyl groups is 1. The molecule has 0 bridgehead atoms. The Kier molecular flexibility index (Phi) is 3.85. The number of nitrogens with two attached hydrogens (primary N) is 1. The molecule has 0 aliphatic heterocycles. The molecule has 0 atom stereocenters. The lowest BCUT2D eigenvalue weighted by molar-refractivity contribution is 0.281. The van der Waals surface area contributed by atoms with Gasteiger partial charge in [-0.15, -0.1) is 0 Å². The van der Waals surface area contributed by atoms with Crippen molar-refractivity contribution in [3.05, 3.63) is 59.2 Å². The van der Waals surface area contributed by atoms with Crippen LogP contribution in [0, 0.1) is 6.92 Å². The van der Waals surface area contributed by atoms with E-state index < -0.39 is 0 Å².